The van der Waals surface area contributed by atoms with Gasteiger partial charge in [0.05, 0.1) is 5.02 Å². The summed E-state index contributed by atoms with van der Waals surface area (Å²) in [5, 5.41) is 0.531. The Morgan fingerprint density at radius 1 is 1.34 bits per heavy atom. The number of hydrogen-bond acceptors (Lipinski definition) is 5. The van der Waals surface area contributed by atoms with E-state index in [9.17, 15) is 4.79 Å². The molecular weight excluding hydrogens is 392 g/mol. The molecule has 152 valence electrons. The number of nitrogens with zero attached hydrogens (tertiary/aromatic N) is 3. The minimum absolute atomic E-state index is 0.243. The van der Waals surface area contributed by atoms with Gasteiger partial charge in [-0.05, 0) is 36.6 Å². The van der Waals surface area contributed by atoms with Gasteiger partial charge in [-0.25, -0.2) is 4.99 Å². The van der Waals surface area contributed by atoms with Crippen LogP contribution in [0.15, 0.2) is 41.7 Å². The second-order valence-electron chi connectivity index (χ2n) is 7.50. The topological polar surface area (TPSA) is 90.0 Å². The number of aliphatic imine (C=N–C) groups is 1. The summed E-state index contributed by atoms with van der Waals surface area (Å²) in [5.74, 6) is 0.852. The van der Waals surface area contributed by atoms with Crippen molar-refractivity contribution in [2.45, 2.75) is 30.6 Å². The number of hydrogen-bond donors (Lipinski definition) is 1. The Morgan fingerprint density at radius 3 is 2.90 bits per heavy atom. The number of aldehydes is 1. The highest BCUT2D eigenvalue weighted by Gasteiger charge is 2.53. The van der Waals surface area contributed by atoms with Crippen molar-refractivity contribution < 1.29 is 14.3 Å². The quantitative estimate of drug-likeness (QED) is 0.471. The van der Waals surface area contributed by atoms with Crippen LogP contribution in [-0.2, 0) is 15.1 Å². The predicted octanol–water partition coefficient (Wildman–Crippen LogP) is 2.61. The van der Waals surface area contributed by atoms with Gasteiger partial charge in [-0.3, -0.25) is 4.98 Å². The van der Waals surface area contributed by atoms with E-state index in [0.717, 1.165) is 30.3 Å². The minimum atomic E-state index is -1.30. The van der Waals surface area contributed by atoms with E-state index >= 15 is 0 Å². The van der Waals surface area contributed by atoms with Gasteiger partial charge in [0, 0.05) is 44.2 Å². The van der Waals surface area contributed by atoms with Gasteiger partial charge < -0.3 is 24.9 Å². The first-order chi connectivity index (χ1) is 13.9. The molecule has 7 nitrogen and oxygen atoms in total. The standard InChI is InChI=1S/C21H23ClN4O3/c1-26(2)20(23)25-21(12-27)16-9-13(14-8-15(22)11-24-10-14)5-6-17(16)29-18-4-3-7-28-19(18)21/h5-6,8-12,18-19H,3-4,7H2,1-2H3,(H2,23,25). The maximum Gasteiger partial charge on any atom is 0.192 e. The zero-order chi connectivity index (χ0) is 20.6. The smallest absolute Gasteiger partial charge is 0.192 e. The third-order valence-corrected chi connectivity index (χ3v) is 5.57. The molecule has 2 aliphatic heterocycles. The molecule has 0 bridgehead atoms. The highest BCUT2D eigenvalue weighted by atomic mass is 35.5. The van der Waals surface area contributed by atoms with Gasteiger partial charge in [0.15, 0.2) is 17.8 Å². The van der Waals surface area contributed by atoms with Crippen LogP contribution in [0.4, 0.5) is 0 Å². The Morgan fingerprint density at radius 2 is 2.17 bits per heavy atom. The lowest BCUT2D eigenvalue weighted by atomic mass is 9.78. The average Bonchev–Trinajstić information content (AvgIpc) is 2.73. The molecule has 8 heteroatoms. The molecule has 0 radical (unpaired) electrons. The number of guanidine groups is 1. The molecule has 1 saturated heterocycles. The van der Waals surface area contributed by atoms with Gasteiger partial charge in [-0.2, -0.15) is 0 Å². The summed E-state index contributed by atoms with van der Waals surface area (Å²) in [7, 11) is 3.57. The zero-order valence-corrected chi connectivity index (χ0v) is 17.1. The molecule has 2 aromatic rings. The normalized spacial score (nSPS) is 26.1. The number of aromatic nitrogens is 1. The summed E-state index contributed by atoms with van der Waals surface area (Å²) in [6.45, 7) is 0.546. The molecule has 3 unspecified atom stereocenters. The Hall–Kier alpha value is -2.64. The van der Waals surface area contributed by atoms with Crippen molar-refractivity contribution in [3.63, 3.8) is 0 Å². The van der Waals surface area contributed by atoms with Crippen LogP contribution in [-0.4, -0.2) is 55.0 Å². The lowest BCUT2D eigenvalue weighted by molar-refractivity contribution is -0.137. The third-order valence-electron chi connectivity index (χ3n) is 5.37. The number of rotatable bonds is 3. The van der Waals surface area contributed by atoms with Crippen molar-refractivity contribution in [3.8, 4) is 16.9 Å². The molecule has 0 amide bonds. The Labute approximate surface area is 174 Å². The van der Waals surface area contributed by atoms with Crippen molar-refractivity contribution in [2.24, 2.45) is 10.7 Å². The van der Waals surface area contributed by atoms with Crippen LogP contribution < -0.4 is 10.5 Å². The van der Waals surface area contributed by atoms with Crippen molar-refractivity contribution in [2.75, 3.05) is 20.7 Å². The molecule has 1 aromatic carbocycles. The summed E-state index contributed by atoms with van der Waals surface area (Å²) in [6.07, 6.45) is 4.96. The lowest BCUT2D eigenvalue weighted by Gasteiger charge is -2.45. The number of carbonyl (C=O) groups is 1. The maximum atomic E-state index is 12.6. The van der Waals surface area contributed by atoms with E-state index in [0.29, 0.717) is 22.9 Å². The molecule has 0 saturated carbocycles. The first kappa shape index (κ1) is 19.7. The fraction of sp³-hybridized carbons (Fsp3) is 0.381. The largest absolute Gasteiger partial charge is 0.487 e. The molecule has 1 aromatic heterocycles. The molecule has 1 fully saturated rings. The van der Waals surface area contributed by atoms with Gasteiger partial charge in [-0.1, -0.05) is 17.7 Å². The van der Waals surface area contributed by atoms with E-state index in [4.69, 9.17) is 26.8 Å². The molecule has 3 heterocycles. The predicted molar refractivity (Wildman–Crippen MR) is 111 cm³/mol. The molecule has 0 aliphatic carbocycles. The van der Waals surface area contributed by atoms with E-state index in [1.54, 1.807) is 31.4 Å². The number of nitrogens with two attached hydrogens (primary N) is 1. The summed E-state index contributed by atoms with van der Waals surface area (Å²) >= 11 is 6.11. The van der Waals surface area contributed by atoms with Crippen LogP contribution >= 0.6 is 11.6 Å². The number of benzene rings is 1. The molecule has 2 aliphatic rings. The highest BCUT2D eigenvalue weighted by Crippen LogP contribution is 2.46. The second kappa shape index (κ2) is 7.65. The van der Waals surface area contributed by atoms with E-state index in [1.165, 1.54) is 0 Å². The van der Waals surface area contributed by atoms with E-state index < -0.39 is 11.6 Å². The Bertz CT molecular complexity index is 965. The van der Waals surface area contributed by atoms with Gasteiger partial charge in [0.1, 0.15) is 18.0 Å². The van der Waals surface area contributed by atoms with Crippen LogP contribution in [0.3, 0.4) is 0 Å². The maximum absolute atomic E-state index is 12.6. The summed E-state index contributed by atoms with van der Waals surface area (Å²) in [6, 6.07) is 7.48. The minimum Gasteiger partial charge on any atom is -0.487 e. The first-order valence-corrected chi connectivity index (χ1v) is 9.85. The first-order valence-electron chi connectivity index (χ1n) is 9.47. The van der Waals surface area contributed by atoms with E-state index in [-0.39, 0.29) is 12.1 Å². The monoisotopic (exact) mass is 414 g/mol. The van der Waals surface area contributed by atoms with E-state index in [1.807, 2.05) is 24.3 Å². The molecule has 4 rings (SSSR count). The van der Waals surface area contributed by atoms with E-state index in [2.05, 4.69) is 9.98 Å². The summed E-state index contributed by atoms with van der Waals surface area (Å²) < 4.78 is 12.2. The van der Waals surface area contributed by atoms with Gasteiger partial charge in [-0.15, -0.1) is 0 Å². The molecule has 2 N–H and O–H groups in total. The fourth-order valence-corrected chi connectivity index (χ4v) is 4.04. The van der Waals surface area contributed by atoms with Gasteiger partial charge >= 0.3 is 0 Å². The van der Waals surface area contributed by atoms with Crippen molar-refractivity contribution >= 4 is 23.8 Å². The molecule has 29 heavy (non-hydrogen) atoms. The number of halogens is 1. The number of fused-ring (bicyclic) bond motifs is 2. The lowest BCUT2D eigenvalue weighted by Crippen LogP contribution is -2.56. The molecule has 0 spiro atoms. The third kappa shape index (κ3) is 3.45. The van der Waals surface area contributed by atoms with Gasteiger partial charge in [0.25, 0.3) is 0 Å². The Kier molecular flexibility index (Phi) is 5.19. The van der Waals surface area contributed by atoms with Gasteiger partial charge in [0.2, 0.25) is 0 Å². The average molecular weight is 415 g/mol. The number of pyridine rings is 1. The molecule has 3 atom stereocenters. The van der Waals surface area contributed by atoms with Crippen LogP contribution in [0.25, 0.3) is 11.1 Å². The van der Waals surface area contributed by atoms with Crippen molar-refractivity contribution in [1.29, 1.82) is 0 Å². The second-order valence-corrected chi connectivity index (χ2v) is 7.94. The zero-order valence-electron chi connectivity index (χ0n) is 16.3. The SMILES string of the molecule is CN(C)C(N)=NC1(C=O)c2cc(-c3cncc(Cl)c3)ccc2OC2CCCOC21. The Balaban J connectivity index is 1.92. The highest BCUT2D eigenvalue weighted by molar-refractivity contribution is 6.30. The van der Waals surface area contributed by atoms with Crippen LogP contribution in [0.5, 0.6) is 5.75 Å². The van der Waals surface area contributed by atoms with Crippen LogP contribution in [0, 0.1) is 0 Å². The molecular formula is C21H23ClN4O3. The fourth-order valence-electron chi connectivity index (χ4n) is 3.87. The van der Waals surface area contributed by atoms with Crippen molar-refractivity contribution in [3.05, 3.63) is 47.2 Å². The summed E-state index contributed by atoms with van der Waals surface area (Å²) in [4.78, 5) is 23.1. The van der Waals surface area contributed by atoms with Crippen molar-refractivity contribution in [1.82, 2.24) is 9.88 Å². The summed E-state index contributed by atoms with van der Waals surface area (Å²) in [5.41, 5.74) is 7.15. The van der Waals surface area contributed by atoms with Crippen LogP contribution in [0.1, 0.15) is 18.4 Å². The van der Waals surface area contributed by atoms with Crippen LogP contribution in [0.2, 0.25) is 5.02 Å². The number of ether oxygens (including phenoxy) is 2. The number of carbonyl (C=O) groups excluding carboxylic acids is 1.